The molecule has 0 aromatic heterocycles. The number of nitrogens with zero attached hydrogens (tertiary/aromatic N) is 1. The van der Waals surface area contributed by atoms with Crippen LogP contribution in [0.4, 0.5) is 0 Å². The molecule has 0 saturated carbocycles. The van der Waals surface area contributed by atoms with Crippen LogP contribution in [-0.2, 0) is 4.74 Å². The SMILES string of the molecule is CCCCCCC(C)NCC1CN(C)CCO1. The van der Waals surface area contributed by atoms with Crippen LogP contribution in [0.3, 0.4) is 0 Å². The maximum Gasteiger partial charge on any atom is 0.0826 e. The van der Waals surface area contributed by atoms with Crippen LogP contribution in [0.2, 0.25) is 0 Å². The minimum Gasteiger partial charge on any atom is -0.374 e. The zero-order valence-electron chi connectivity index (χ0n) is 11.9. The number of hydrogen-bond donors (Lipinski definition) is 1. The van der Waals surface area contributed by atoms with Gasteiger partial charge in [-0.3, -0.25) is 0 Å². The lowest BCUT2D eigenvalue weighted by Crippen LogP contribution is -2.46. The van der Waals surface area contributed by atoms with Gasteiger partial charge in [-0.15, -0.1) is 0 Å². The summed E-state index contributed by atoms with van der Waals surface area (Å²) in [6.45, 7) is 8.57. The molecule has 0 aromatic carbocycles. The number of likely N-dealkylation sites (N-methyl/N-ethyl adjacent to an activating group) is 1. The largest absolute Gasteiger partial charge is 0.374 e. The molecule has 0 amide bonds. The van der Waals surface area contributed by atoms with Crippen molar-refractivity contribution in [2.75, 3.05) is 33.3 Å². The molecular weight excluding hydrogens is 212 g/mol. The fourth-order valence-corrected chi connectivity index (χ4v) is 2.30. The summed E-state index contributed by atoms with van der Waals surface area (Å²) >= 11 is 0. The monoisotopic (exact) mass is 242 g/mol. The Kier molecular flexibility index (Phi) is 7.82. The number of rotatable bonds is 8. The van der Waals surface area contributed by atoms with Crippen molar-refractivity contribution in [2.24, 2.45) is 0 Å². The van der Waals surface area contributed by atoms with E-state index in [1.54, 1.807) is 0 Å². The molecule has 1 fully saturated rings. The fourth-order valence-electron chi connectivity index (χ4n) is 2.30. The maximum absolute atomic E-state index is 5.74. The third-order valence-electron chi connectivity index (χ3n) is 3.53. The van der Waals surface area contributed by atoms with E-state index in [0.717, 1.165) is 26.2 Å². The van der Waals surface area contributed by atoms with E-state index in [4.69, 9.17) is 4.74 Å². The zero-order chi connectivity index (χ0) is 12.5. The first-order valence-corrected chi connectivity index (χ1v) is 7.26. The highest BCUT2D eigenvalue weighted by Gasteiger charge is 2.17. The van der Waals surface area contributed by atoms with Gasteiger partial charge < -0.3 is 15.0 Å². The topological polar surface area (TPSA) is 24.5 Å². The first-order chi connectivity index (χ1) is 8.22. The van der Waals surface area contributed by atoms with Gasteiger partial charge in [-0.05, 0) is 20.4 Å². The molecule has 0 bridgehead atoms. The molecule has 0 aliphatic carbocycles. The van der Waals surface area contributed by atoms with Crippen molar-refractivity contribution in [3.8, 4) is 0 Å². The fraction of sp³-hybridized carbons (Fsp3) is 1.00. The first kappa shape index (κ1) is 14.9. The van der Waals surface area contributed by atoms with Gasteiger partial charge >= 0.3 is 0 Å². The standard InChI is InChI=1S/C14H30N2O/c1-4-5-6-7-8-13(2)15-11-14-12-16(3)9-10-17-14/h13-15H,4-12H2,1-3H3. The van der Waals surface area contributed by atoms with E-state index >= 15 is 0 Å². The summed E-state index contributed by atoms with van der Waals surface area (Å²) in [5.74, 6) is 0. The second kappa shape index (κ2) is 8.90. The van der Waals surface area contributed by atoms with Gasteiger partial charge in [0.25, 0.3) is 0 Å². The Labute approximate surface area is 107 Å². The number of unbranched alkanes of at least 4 members (excludes halogenated alkanes) is 3. The Bertz CT molecular complexity index is 187. The van der Waals surface area contributed by atoms with Gasteiger partial charge in [0.05, 0.1) is 12.7 Å². The van der Waals surface area contributed by atoms with E-state index in [1.165, 1.54) is 32.1 Å². The Morgan fingerprint density at radius 2 is 2.18 bits per heavy atom. The van der Waals surface area contributed by atoms with Gasteiger partial charge in [0, 0.05) is 25.7 Å². The minimum atomic E-state index is 0.381. The molecule has 17 heavy (non-hydrogen) atoms. The third-order valence-corrected chi connectivity index (χ3v) is 3.53. The van der Waals surface area contributed by atoms with Crippen LogP contribution in [0.15, 0.2) is 0 Å². The molecule has 1 aliphatic rings. The van der Waals surface area contributed by atoms with Crippen molar-refractivity contribution in [3.05, 3.63) is 0 Å². The summed E-state index contributed by atoms with van der Waals surface area (Å²) in [6.07, 6.45) is 7.11. The molecule has 0 radical (unpaired) electrons. The highest BCUT2D eigenvalue weighted by atomic mass is 16.5. The Balaban J connectivity index is 2.00. The van der Waals surface area contributed by atoms with Crippen molar-refractivity contribution < 1.29 is 4.74 Å². The van der Waals surface area contributed by atoms with Gasteiger partial charge in [0.2, 0.25) is 0 Å². The van der Waals surface area contributed by atoms with E-state index in [-0.39, 0.29) is 0 Å². The predicted molar refractivity (Wildman–Crippen MR) is 73.5 cm³/mol. The van der Waals surface area contributed by atoms with Crippen LogP contribution in [0.25, 0.3) is 0 Å². The van der Waals surface area contributed by atoms with Crippen molar-refractivity contribution in [1.29, 1.82) is 0 Å². The van der Waals surface area contributed by atoms with Gasteiger partial charge in [-0.25, -0.2) is 0 Å². The molecule has 0 aromatic rings. The quantitative estimate of drug-likeness (QED) is 0.661. The summed E-state index contributed by atoms with van der Waals surface area (Å²) in [5.41, 5.74) is 0. The van der Waals surface area contributed by atoms with Gasteiger partial charge in [-0.1, -0.05) is 32.6 Å². The van der Waals surface area contributed by atoms with E-state index in [0.29, 0.717) is 12.1 Å². The molecule has 3 nitrogen and oxygen atoms in total. The Morgan fingerprint density at radius 3 is 2.88 bits per heavy atom. The van der Waals surface area contributed by atoms with Crippen molar-refractivity contribution >= 4 is 0 Å². The number of nitrogens with one attached hydrogen (secondary N) is 1. The highest BCUT2D eigenvalue weighted by molar-refractivity contribution is 4.73. The summed E-state index contributed by atoms with van der Waals surface area (Å²) in [5, 5.41) is 3.60. The van der Waals surface area contributed by atoms with Crippen LogP contribution in [0.1, 0.15) is 46.0 Å². The highest BCUT2D eigenvalue weighted by Crippen LogP contribution is 2.06. The van der Waals surface area contributed by atoms with Crippen molar-refractivity contribution in [2.45, 2.75) is 58.1 Å². The number of hydrogen-bond acceptors (Lipinski definition) is 3. The molecule has 1 heterocycles. The van der Waals surface area contributed by atoms with E-state index in [2.05, 4.69) is 31.1 Å². The second-order valence-corrected chi connectivity index (χ2v) is 5.41. The van der Waals surface area contributed by atoms with Crippen LogP contribution < -0.4 is 5.32 Å². The predicted octanol–water partition coefficient (Wildman–Crippen LogP) is 2.27. The lowest BCUT2D eigenvalue weighted by atomic mass is 10.1. The van der Waals surface area contributed by atoms with E-state index < -0.39 is 0 Å². The number of morpholine rings is 1. The normalized spacial score (nSPS) is 23.8. The van der Waals surface area contributed by atoms with Gasteiger partial charge in [0.1, 0.15) is 0 Å². The van der Waals surface area contributed by atoms with Crippen LogP contribution >= 0.6 is 0 Å². The average molecular weight is 242 g/mol. The summed E-state index contributed by atoms with van der Waals surface area (Å²) in [4.78, 5) is 2.35. The van der Waals surface area contributed by atoms with Gasteiger partial charge in [0.15, 0.2) is 0 Å². The Hall–Kier alpha value is -0.120. The van der Waals surface area contributed by atoms with Crippen LogP contribution in [0, 0.1) is 0 Å². The molecule has 1 saturated heterocycles. The number of ether oxygens (including phenoxy) is 1. The molecule has 1 rings (SSSR count). The van der Waals surface area contributed by atoms with Crippen LogP contribution in [0.5, 0.6) is 0 Å². The molecule has 1 N–H and O–H groups in total. The first-order valence-electron chi connectivity index (χ1n) is 7.26. The minimum absolute atomic E-state index is 0.381. The van der Waals surface area contributed by atoms with Gasteiger partial charge in [-0.2, -0.15) is 0 Å². The smallest absolute Gasteiger partial charge is 0.0826 e. The Morgan fingerprint density at radius 1 is 1.35 bits per heavy atom. The second-order valence-electron chi connectivity index (χ2n) is 5.41. The molecule has 3 heteroatoms. The summed E-state index contributed by atoms with van der Waals surface area (Å²) in [6, 6.07) is 0.627. The lowest BCUT2D eigenvalue weighted by molar-refractivity contribution is -0.0191. The van der Waals surface area contributed by atoms with Crippen molar-refractivity contribution in [1.82, 2.24) is 10.2 Å². The molecule has 2 atom stereocenters. The van der Waals surface area contributed by atoms with E-state index in [1.807, 2.05) is 0 Å². The van der Waals surface area contributed by atoms with Crippen LogP contribution in [-0.4, -0.2) is 50.3 Å². The third kappa shape index (κ3) is 7.02. The lowest BCUT2D eigenvalue weighted by Gasteiger charge is -2.31. The molecular formula is C14H30N2O. The summed E-state index contributed by atoms with van der Waals surface area (Å²) in [7, 11) is 2.17. The molecule has 2 unspecified atom stereocenters. The molecule has 102 valence electrons. The molecule has 0 spiro atoms. The molecule has 1 aliphatic heterocycles. The maximum atomic E-state index is 5.74. The van der Waals surface area contributed by atoms with E-state index in [9.17, 15) is 0 Å². The summed E-state index contributed by atoms with van der Waals surface area (Å²) < 4.78 is 5.74. The average Bonchev–Trinajstić information content (AvgIpc) is 2.32. The zero-order valence-corrected chi connectivity index (χ0v) is 11.9. The van der Waals surface area contributed by atoms with Crippen molar-refractivity contribution in [3.63, 3.8) is 0 Å².